The number of carbonyl (C=O) groups is 1. The van der Waals surface area contributed by atoms with Gasteiger partial charge in [0.2, 0.25) is 0 Å². The number of urea groups is 1. The topological polar surface area (TPSA) is 108 Å². The van der Waals surface area contributed by atoms with Crippen LogP contribution in [0.5, 0.6) is 0 Å². The zero-order valence-electron chi connectivity index (χ0n) is 16.4. The minimum absolute atomic E-state index is 0.334. The maximum absolute atomic E-state index is 12.5. The largest absolute Gasteiger partial charge is 0.329 e. The number of pyridine rings is 1. The molecule has 0 radical (unpaired) electrons. The summed E-state index contributed by atoms with van der Waals surface area (Å²) < 4.78 is 0. The Morgan fingerprint density at radius 1 is 1.10 bits per heavy atom. The molecule has 0 aliphatic rings. The number of carbonyl (C=O) groups excluding carboxylic acids is 1. The summed E-state index contributed by atoms with van der Waals surface area (Å²) in [6.07, 6.45) is 3.34. The fourth-order valence-electron chi connectivity index (χ4n) is 3.16. The van der Waals surface area contributed by atoms with E-state index in [9.17, 15) is 4.79 Å². The number of amides is 2. The Labute approximate surface area is 167 Å². The van der Waals surface area contributed by atoms with Crippen molar-refractivity contribution in [3.05, 3.63) is 66.1 Å². The molecule has 4 aromatic rings. The lowest BCUT2D eigenvalue weighted by molar-refractivity contribution is 0.242. The van der Waals surface area contributed by atoms with E-state index in [-0.39, 0.29) is 6.03 Å². The molecule has 3 aromatic heterocycles. The summed E-state index contributed by atoms with van der Waals surface area (Å²) >= 11 is 0. The molecular weight excluding hydrogens is 366 g/mol. The van der Waals surface area contributed by atoms with Crippen LogP contribution in [0.25, 0.3) is 22.2 Å². The molecule has 0 saturated heterocycles. The van der Waals surface area contributed by atoms with Crippen molar-refractivity contribution >= 4 is 22.8 Å². The molecule has 4 rings (SSSR count). The Morgan fingerprint density at radius 2 is 1.90 bits per heavy atom. The van der Waals surface area contributed by atoms with Gasteiger partial charge in [-0.2, -0.15) is 15.3 Å². The summed E-state index contributed by atoms with van der Waals surface area (Å²) in [4.78, 5) is 16.9. The number of rotatable bonds is 4. The number of anilines is 1. The second-order valence-electron chi connectivity index (χ2n) is 7.34. The minimum atomic E-state index is -0.525. The lowest BCUT2D eigenvalue weighted by atomic mass is 9.95. The second kappa shape index (κ2) is 7.31. The van der Waals surface area contributed by atoms with Gasteiger partial charge in [-0.15, -0.1) is 0 Å². The van der Waals surface area contributed by atoms with Gasteiger partial charge in [-0.1, -0.05) is 30.3 Å². The number of aromatic nitrogens is 5. The summed E-state index contributed by atoms with van der Waals surface area (Å²) in [7, 11) is 0. The number of nitrogens with zero attached hydrogens (tertiary/aromatic N) is 4. The fourth-order valence-corrected chi connectivity index (χ4v) is 3.16. The Bertz CT molecular complexity index is 1170. The monoisotopic (exact) mass is 387 g/mol. The van der Waals surface area contributed by atoms with Crippen LogP contribution in [0.1, 0.15) is 25.1 Å². The van der Waals surface area contributed by atoms with E-state index in [2.05, 4.69) is 36.0 Å². The van der Waals surface area contributed by atoms with Crippen molar-refractivity contribution in [1.82, 2.24) is 30.7 Å². The number of aryl methyl sites for hydroxylation is 1. The third kappa shape index (κ3) is 3.91. The SMILES string of the molecule is Cc1cc(-c2n[nH]c3cc(NC(=O)NC(C)(C)c4ccccc4)ncc23)cnn1. The second-order valence-corrected chi connectivity index (χ2v) is 7.34. The molecule has 0 aliphatic carbocycles. The van der Waals surface area contributed by atoms with Crippen LogP contribution in [0.15, 0.2) is 54.9 Å². The quantitative estimate of drug-likeness (QED) is 0.494. The van der Waals surface area contributed by atoms with Crippen molar-refractivity contribution in [2.45, 2.75) is 26.3 Å². The minimum Gasteiger partial charge on any atom is -0.329 e. The number of fused-ring (bicyclic) bond motifs is 1. The molecule has 8 nitrogen and oxygen atoms in total. The van der Waals surface area contributed by atoms with E-state index in [4.69, 9.17) is 0 Å². The van der Waals surface area contributed by atoms with Crippen molar-refractivity contribution in [3.8, 4) is 11.3 Å². The third-order valence-electron chi connectivity index (χ3n) is 4.66. The van der Waals surface area contributed by atoms with Gasteiger partial charge < -0.3 is 5.32 Å². The van der Waals surface area contributed by atoms with Gasteiger partial charge in [0.25, 0.3) is 0 Å². The van der Waals surface area contributed by atoms with Crippen molar-refractivity contribution in [2.75, 3.05) is 5.32 Å². The highest BCUT2D eigenvalue weighted by Gasteiger charge is 2.22. The van der Waals surface area contributed by atoms with Crippen molar-refractivity contribution in [3.63, 3.8) is 0 Å². The maximum atomic E-state index is 12.5. The molecule has 1 aromatic carbocycles. The number of hydrogen-bond acceptors (Lipinski definition) is 5. The number of H-pyrrole nitrogens is 1. The van der Waals surface area contributed by atoms with Gasteiger partial charge in [0.1, 0.15) is 11.5 Å². The molecule has 3 heterocycles. The van der Waals surface area contributed by atoms with Crippen molar-refractivity contribution in [1.29, 1.82) is 0 Å². The number of benzene rings is 1. The summed E-state index contributed by atoms with van der Waals surface area (Å²) in [5, 5.41) is 21.9. The van der Waals surface area contributed by atoms with Gasteiger partial charge in [-0.3, -0.25) is 10.4 Å². The Morgan fingerprint density at radius 3 is 2.66 bits per heavy atom. The maximum Gasteiger partial charge on any atom is 0.321 e. The Kier molecular flexibility index (Phi) is 4.67. The number of nitrogens with one attached hydrogen (secondary N) is 3. The number of hydrogen-bond donors (Lipinski definition) is 3. The molecule has 146 valence electrons. The first-order chi connectivity index (χ1) is 13.9. The van der Waals surface area contributed by atoms with E-state index in [1.807, 2.05) is 57.2 Å². The van der Waals surface area contributed by atoms with E-state index >= 15 is 0 Å². The predicted octanol–water partition coefficient (Wildman–Crippen LogP) is 3.78. The smallest absolute Gasteiger partial charge is 0.321 e. The molecule has 0 saturated carbocycles. The van der Waals surface area contributed by atoms with Gasteiger partial charge in [-0.25, -0.2) is 9.78 Å². The van der Waals surface area contributed by atoms with Gasteiger partial charge in [-0.05, 0) is 32.4 Å². The molecular formula is C21H21N7O. The van der Waals surface area contributed by atoms with Gasteiger partial charge in [0.05, 0.1) is 22.9 Å². The molecule has 2 amide bonds. The summed E-state index contributed by atoms with van der Waals surface area (Å²) in [5.74, 6) is 0.429. The third-order valence-corrected chi connectivity index (χ3v) is 4.66. The first-order valence-corrected chi connectivity index (χ1v) is 9.21. The van der Waals surface area contributed by atoms with Crippen molar-refractivity contribution in [2.24, 2.45) is 0 Å². The van der Waals surface area contributed by atoms with E-state index < -0.39 is 5.54 Å². The highest BCUT2D eigenvalue weighted by atomic mass is 16.2. The van der Waals surface area contributed by atoms with E-state index in [0.717, 1.165) is 33.4 Å². The van der Waals surface area contributed by atoms with E-state index in [0.29, 0.717) is 5.82 Å². The summed E-state index contributed by atoms with van der Waals surface area (Å²) in [5.41, 5.74) is 3.66. The van der Waals surface area contributed by atoms with Crippen LogP contribution in [0.2, 0.25) is 0 Å². The molecule has 29 heavy (non-hydrogen) atoms. The summed E-state index contributed by atoms with van der Waals surface area (Å²) in [6, 6.07) is 13.1. The molecule has 0 spiro atoms. The molecule has 0 unspecified atom stereocenters. The number of aromatic amines is 1. The van der Waals surface area contributed by atoms with Crippen LogP contribution in [0, 0.1) is 6.92 Å². The molecule has 0 bridgehead atoms. The zero-order chi connectivity index (χ0) is 20.4. The average molecular weight is 387 g/mol. The average Bonchev–Trinajstić information content (AvgIpc) is 3.11. The standard InChI is InChI=1S/C21H21N7O/c1-13-9-14(11-23-26-13)19-16-12-22-18(10-17(16)27-28-19)24-20(29)25-21(2,3)15-7-5-4-6-8-15/h4-12H,1-3H3,(H,27,28)(H2,22,24,25,29). The van der Waals surface area contributed by atoms with E-state index in [1.165, 1.54) is 0 Å². The molecule has 0 fully saturated rings. The fraction of sp³-hybridized carbons (Fsp3) is 0.190. The van der Waals surface area contributed by atoms with Gasteiger partial charge in [0.15, 0.2) is 0 Å². The lowest BCUT2D eigenvalue weighted by Crippen LogP contribution is -2.43. The lowest BCUT2D eigenvalue weighted by Gasteiger charge is -2.26. The molecule has 3 N–H and O–H groups in total. The molecule has 0 aliphatic heterocycles. The predicted molar refractivity (Wildman–Crippen MR) is 111 cm³/mol. The van der Waals surface area contributed by atoms with Crippen LogP contribution >= 0.6 is 0 Å². The van der Waals surface area contributed by atoms with Crippen LogP contribution < -0.4 is 10.6 Å². The van der Waals surface area contributed by atoms with Crippen LogP contribution in [0.4, 0.5) is 10.6 Å². The van der Waals surface area contributed by atoms with E-state index in [1.54, 1.807) is 18.5 Å². The van der Waals surface area contributed by atoms with Crippen molar-refractivity contribution < 1.29 is 4.79 Å². The zero-order valence-corrected chi connectivity index (χ0v) is 16.4. The normalized spacial score (nSPS) is 11.4. The first kappa shape index (κ1) is 18.5. The van der Waals surface area contributed by atoms with Crippen LogP contribution in [0.3, 0.4) is 0 Å². The Balaban J connectivity index is 1.52. The van der Waals surface area contributed by atoms with Gasteiger partial charge >= 0.3 is 6.03 Å². The molecule has 0 atom stereocenters. The first-order valence-electron chi connectivity index (χ1n) is 9.21. The highest BCUT2D eigenvalue weighted by Crippen LogP contribution is 2.26. The highest BCUT2D eigenvalue weighted by molar-refractivity contribution is 5.95. The van der Waals surface area contributed by atoms with Crippen LogP contribution in [-0.4, -0.2) is 31.4 Å². The Hall–Kier alpha value is -3.81. The molecule has 8 heteroatoms. The van der Waals surface area contributed by atoms with Crippen LogP contribution in [-0.2, 0) is 5.54 Å². The van der Waals surface area contributed by atoms with Gasteiger partial charge in [0, 0.05) is 23.2 Å². The summed E-state index contributed by atoms with van der Waals surface area (Å²) in [6.45, 7) is 5.77.